The molecule has 1 atom stereocenters. The lowest BCUT2D eigenvalue weighted by Crippen LogP contribution is -2.37. The highest BCUT2D eigenvalue weighted by molar-refractivity contribution is 7.89. The number of rotatable bonds is 9. The predicted molar refractivity (Wildman–Crippen MR) is 136 cm³/mol. The quantitative estimate of drug-likeness (QED) is 0.514. The molecular formula is C26H34ClN3O3S. The zero-order valence-electron chi connectivity index (χ0n) is 19.7. The van der Waals surface area contributed by atoms with Crippen molar-refractivity contribution >= 4 is 27.4 Å². The van der Waals surface area contributed by atoms with Gasteiger partial charge in [0.1, 0.15) is 0 Å². The topological polar surface area (TPSA) is 69.7 Å². The van der Waals surface area contributed by atoms with Crippen LogP contribution in [0.1, 0.15) is 54.6 Å². The second kappa shape index (κ2) is 11.3. The highest BCUT2D eigenvalue weighted by Crippen LogP contribution is 2.30. The van der Waals surface area contributed by atoms with Crippen molar-refractivity contribution in [2.24, 2.45) is 5.92 Å². The van der Waals surface area contributed by atoms with E-state index in [0.717, 1.165) is 36.5 Å². The average molecular weight is 504 g/mol. The van der Waals surface area contributed by atoms with Gasteiger partial charge in [-0.05, 0) is 68.5 Å². The standard InChI is InChI=1S/C26H34ClN3O3S/c1-20-12-16-30(17-13-20)34(32,33)22-10-8-21(9-11-22)26(31)19-28-18-25(29-14-4-5-15-29)23-6-2-3-7-24(23)27/h2-3,6-11,20,25,28H,4-5,12-19H2,1H3. The van der Waals surface area contributed by atoms with Gasteiger partial charge in [0, 0.05) is 36.3 Å². The maximum absolute atomic E-state index is 12.9. The van der Waals surface area contributed by atoms with Crippen molar-refractivity contribution in [1.29, 1.82) is 0 Å². The van der Waals surface area contributed by atoms with Crippen LogP contribution in [-0.4, -0.2) is 62.7 Å². The second-order valence-corrected chi connectivity index (χ2v) is 11.8. The number of benzene rings is 2. The second-order valence-electron chi connectivity index (χ2n) is 9.45. The first-order valence-corrected chi connectivity index (χ1v) is 14.0. The van der Waals surface area contributed by atoms with Gasteiger partial charge in [-0.15, -0.1) is 0 Å². The average Bonchev–Trinajstić information content (AvgIpc) is 3.37. The van der Waals surface area contributed by atoms with E-state index in [4.69, 9.17) is 11.6 Å². The van der Waals surface area contributed by atoms with E-state index in [2.05, 4.69) is 23.2 Å². The van der Waals surface area contributed by atoms with E-state index in [0.29, 0.717) is 31.1 Å². The van der Waals surface area contributed by atoms with Crippen molar-refractivity contribution in [3.8, 4) is 0 Å². The Bertz CT molecular complexity index is 1080. The molecule has 1 N–H and O–H groups in total. The van der Waals surface area contributed by atoms with Crippen molar-refractivity contribution in [3.63, 3.8) is 0 Å². The predicted octanol–water partition coefficient (Wildman–Crippen LogP) is 4.37. The minimum absolute atomic E-state index is 0.0601. The molecule has 4 rings (SSSR count). The van der Waals surface area contributed by atoms with E-state index in [1.165, 1.54) is 12.8 Å². The molecule has 2 aromatic rings. The van der Waals surface area contributed by atoms with Crippen LogP contribution in [0, 0.1) is 5.92 Å². The van der Waals surface area contributed by atoms with Gasteiger partial charge in [-0.25, -0.2) is 8.42 Å². The number of likely N-dealkylation sites (tertiary alicyclic amines) is 1. The molecule has 2 aliphatic heterocycles. The van der Waals surface area contributed by atoms with Crippen LogP contribution in [0.15, 0.2) is 53.4 Å². The summed E-state index contributed by atoms with van der Waals surface area (Å²) in [6.07, 6.45) is 4.11. The third-order valence-corrected chi connectivity index (χ3v) is 9.28. The van der Waals surface area contributed by atoms with Gasteiger partial charge in [-0.2, -0.15) is 4.31 Å². The lowest BCUT2D eigenvalue weighted by molar-refractivity contribution is 0.0987. The van der Waals surface area contributed by atoms with E-state index in [1.54, 1.807) is 28.6 Å². The van der Waals surface area contributed by atoms with Gasteiger partial charge in [0.25, 0.3) is 0 Å². The summed E-state index contributed by atoms with van der Waals surface area (Å²) in [5.74, 6) is 0.497. The van der Waals surface area contributed by atoms with E-state index in [9.17, 15) is 13.2 Å². The van der Waals surface area contributed by atoms with Crippen molar-refractivity contribution in [2.75, 3.05) is 39.3 Å². The zero-order valence-corrected chi connectivity index (χ0v) is 21.3. The van der Waals surface area contributed by atoms with Gasteiger partial charge < -0.3 is 5.32 Å². The van der Waals surface area contributed by atoms with Crippen LogP contribution in [0.25, 0.3) is 0 Å². The van der Waals surface area contributed by atoms with Crippen molar-refractivity contribution < 1.29 is 13.2 Å². The van der Waals surface area contributed by atoms with Crippen molar-refractivity contribution in [1.82, 2.24) is 14.5 Å². The third-order valence-electron chi connectivity index (χ3n) is 7.03. The molecule has 0 saturated carbocycles. The lowest BCUT2D eigenvalue weighted by atomic mass is 10.0. The first-order valence-electron chi connectivity index (χ1n) is 12.2. The SMILES string of the molecule is CC1CCN(S(=O)(=O)c2ccc(C(=O)CNCC(c3ccccc3Cl)N3CCCC3)cc2)CC1. The zero-order chi connectivity index (χ0) is 24.1. The maximum atomic E-state index is 12.9. The Morgan fingerprint density at radius 2 is 1.68 bits per heavy atom. The number of nitrogens with zero attached hydrogens (tertiary/aromatic N) is 2. The molecule has 1 unspecified atom stereocenters. The van der Waals surface area contributed by atoms with E-state index >= 15 is 0 Å². The molecule has 2 fully saturated rings. The maximum Gasteiger partial charge on any atom is 0.243 e. The normalized spacial score (nSPS) is 19.4. The molecule has 2 aromatic carbocycles. The van der Waals surface area contributed by atoms with E-state index in [-0.39, 0.29) is 23.3 Å². The largest absolute Gasteiger partial charge is 0.308 e. The fourth-order valence-electron chi connectivity index (χ4n) is 4.85. The summed E-state index contributed by atoms with van der Waals surface area (Å²) >= 11 is 6.48. The number of sulfonamides is 1. The molecular weight excluding hydrogens is 470 g/mol. The minimum atomic E-state index is -3.51. The molecule has 184 valence electrons. The number of ketones is 1. The van der Waals surface area contributed by atoms with Crippen molar-refractivity contribution in [3.05, 3.63) is 64.7 Å². The van der Waals surface area contributed by atoms with Crippen LogP contribution in [0.2, 0.25) is 5.02 Å². The Labute approximate surface area is 208 Å². The molecule has 34 heavy (non-hydrogen) atoms. The number of hydrogen-bond acceptors (Lipinski definition) is 5. The summed E-state index contributed by atoms with van der Waals surface area (Å²) in [6, 6.07) is 14.3. The van der Waals surface area contributed by atoms with E-state index in [1.807, 2.05) is 18.2 Å². The van der Waals surface area contributed by atoms with Gasteiger partial charge in [0.2, 0.25) is 10.0 Å². The summed E-state index contributed by atoms with van der Waals surface area (Å²) in [5, 5.41) is 4.05. The minimum Gasteiger partial charge on any atom is -0.308 e. The molecule has 6 nitrogen and oxygen atoms in total. The summed E-state index contributed by atoms with van der Waals surface area (Å²) in [4.78, 5) is 15.5. The Morgan fingerprint density at radius 1 is 1.03 bits per heavy atom. The number of carbonyl (C=O) groups excluding carboxylic acids is 1. The van der Waals surface area contributed by atoms with Crippen LogP contribution in [-0.2, 0) is 10.0 Å². The number of carbonyl (C=O) groups is 1. The summed E-state index contributed by atoms with van der Waals surface area (Å²) < 4.78 is 27.4. The summed E-state index contributed by atoms with van der Waals surface area (Å²) in [7, 11) is -3.51. The van der Waals surface area contributed by atoms with Gasteiger partial charge >= 0.3 is 0 Å². The molecule has 0 amide bonds. The molecule has 2 saturated heterocycles. The van der Waals surface area contributed by atoms with Gasteiger partial charge in [-0.3, -0.25) is 9.69 Å². The molecule has 0 radical (unpaired) electrons. The number of nitrogens with one attached hydrogen (secondary N) is 1. The molecule has 8 heteroatoms. The van der Waals surface area contributed by atoms with Crippen LogP contribution >= 0.6 is 11.6 Å². The molecule has 0 aromatic heterocycles. The smallest absolute Gasteiger partial charge is 0.243 e. The molecule has 2 heterocycles. The lowest BCUT2D eigenvalue weighted by Gasteiger charge is -2.29. The van der Waals surface area contributed by atoms with Gasteiger partial charge in [0.05, 0.1) is 11.4 Å². The number of hydrogen-bond donors (Lipinski definition) is 1. The van der Waals surface area contributed by atoms with Gasteiger partial charge in [0.15, 0.2) is 5.78 Å². The number of halogens is 1. The first-order chi connectivity index (χ1) is 16.4. The van der Waals surface area contributed by atoms with Crippen LogP contribution < -0.4 is 5.32 Å². The number of piperidine rings is 1. The summed E-state index contributed by atoms with van der Waals surface area (Å²) in [6.45, 7) is 6.12. The summed E-state index contributed by atoms with van der Waals surface area (Å²) in [5.41, 5.74) is 1.59. The molecule has 0 bridgehead atoms. The first kappa shape index (κ1) is 25.3. The molecule has 0 aliphatic carbocycles. The molecule has 0 spiro atoms. The Morgan fingerprint density at radius 3 is 2.32 bits per heavy atom. The van der Waals surface area contributed by atoms with Crippen LogP contribution in [0.3, 0.4) is 0 Å². The monoisotopic (exact) mass is 503 g/mol. The fourth-order valence-corrected chi connectivity index (χ4v) is 6.58. The highest BCUT2D eigenvalue weighted by Gasteiger charge is 2.28. The van der Waals surface area contributed by atoms with Crippen LogP contribution in [0.5, 0.6) is 0 Å². The third kappa shape index (κ3) is 5.89. The Hall–Kier alpha value is -1.77. The van der Waals surface area contributed by atoms with Crippen molar-refractivity contribution in [2.45, 2.75) is 43.5 Å². The molecule has 2 aliphatic rings. The fraction of sp³-hybridized carbons (Fsp3) is 0.500. The van der Waals surface area contributed by atoms with Crippen LogP contribution in [0.4, 0.5) is 0 Å². The Kier molecular flexibility index (Phi) is 8.43. The highest BCUT2D eigenvalue weighted by atomic mass is 35.5. The van der Waals surface area contributed by atoms with Gasteiger partial charge in [-0.1, -0.05) is 48.9 Å². The number of Topliss-reactive ketones (excluding diaryl/α,β-unsaturated/α-hetero) is 1. The Balaban J connectivity index is 1.36. The van der Waals surface area contributed by atoms with E-state index < -0.39 is 10.0 Å².